The fourth-order valence-corrected chi connectivity index (χ4v) is 2.13. The van der Waals surface area contributed by atoms with Gasteiger partial charge < -0.3 is 10.5 Å². The van der Waals surface area contributed by atoms with E-state index in [1.165, 1.54) is 44.1 Å². The van der Waals surface area contributed by atoms with Crippen molar-refractivity contribution in [2.45, 2.75) is 51.4 Å². The van der Waals surface area contributed by atoms with Gasteiger partial charge in [-0.15, -0.1) is 0 Å². The van der Waals surface area contributed by atoms with Gasteiger partial charge in [-0.1, -0.05) is 62.4 Å². The maximum atomic E-state index is 10.3. The van der Waals surface area contributed by atoms with Crippen molar-refractivity contribution in [3.63, 3.8) is 0 Å². The van der Waals surface area contributed by atoms with Crippen molar-refractivity contribution < 1.29 is 9.53 Å². The van der Waals surface area contributed by atoms with E-state index < -0.39 is 6.09 Å². The first kappa shape index (κ1) is 15.5. The SMILES string of the molecule is NC(=O)OCCCCCCCCCc1ccccc1. The number of rotatable bonds is 10. The minimum Gasteiger partial charge on any atom is -0.450 e. The molecular weight excluding hydrogens is 238 g/mol. The maximum absolute atomic E-state index is 10.3. The normalized spacial score (nSPS) is 10.3. The van der Waals surface area contributed by atoms with Crippen LogP contribution in [0.2, 0.25) is 0 Å². The van der Waals surface area contributed by atoms with E-state index in [9.17, 15) is 4.79 Å². The maximum Gasteiger partial charge on any atom is 0.404 e. The average Bonchev–Trinajstić information content (AvgIpc) is 2.42. The summed E-state index contributed by atoms with van der Waals surface area (Å²) in [6.45, 7) is 0.462. The van der Waals surface area contributed by atoms with Crippen LogP contribution in [0.1, 0.15) is 50.5 Å². The smallest absolute Gasteiger partial charge is 0.404 e. The van der Waals surface area contributed by atoms with Gasteiger partial charge in [0.2, 0.25) is 0 Å². The van der Waals surface area contributed by atoms with E-state index >= 15 is 0 Å². The second-order valence-electron chi connectivity index (χ2n) is 4.88. The Morgan fingerprint density at radius 1 is 0.895 bits per heavy atom. The predicted octanol–water partition coefficient (Wildman–Crippen LogP) is 4.06. The molecular formula is C16H25NO2. The van der Waals surface area contributed by atoms with Crippen LogP contribution >= 0.6 is 0 Å². The van der Waals surface area contributed by atoms with Gasteiger partial charge in [0, 0.05) is 0 Å². The molecule has 1 aromatic rings. The van der Waals surface area contributed by atoms with Crippen molar-refractivity contribution in [3.8, 4) is 0 Å². The number of hydrogen-bond acceptors (Lipinski definition) is 2. The fourth-order valence-electron chi connectivity index (χ4n) is 2.13. The van der Waals surface area contributed by atoms with Crippen molar-refractivity contribution >= 4 is 6.09 Å². The average molecular weight is 263 g/mol. The number of carbonyl (C=O) groups is 1. The number of nitrogens with two attached hydrogens (primary N) is 1. The molecule has 0 aliphatic heterocycles. The van der Waals surface area contributed by atoms with E-state index in [4.69, 9.17) is 5.73 Å². The quantitative estimate of drug-likeness (QED) is 0.647. The highest BCUT2D eigenvalue weighted by atomic mass is 16.5. The summed E-state index contributed by atoms with van der Waals surface area (Å²) >= 11 is 0. The molecule has 0 fully saturated rings. The first-order valence-electron chi connectivity index (χ1n) is 7.25. The third-order valence-electron chi connectivity index (χ3n) is 3.20. The van der Waals surface area contributed by atoms with Crippen LogP contribution in [0.4, 0.5) is 4.79 Å². The van der Waals surface area contributed by atoms with Crippen molar-refractivity contribution in [3.05, 3.63) is 35.9 Å². The second kappa shape index (κ2) is 10.4. The molecule has 0 radical (unpaired) electrons. The molecule has 0 heterocycles. The van der Waals surface area contributed by atoms with E-state index in [1.54, 1.807) is 0 Å². The van der Waals surface area contributed by atoms with Gasteiger partial charge in [-0.3, -0.25) is 0 Å². The van der Waals surface area contributed by atoms with Gasteiger partial charge in [-0.05, 0) is 24.8 Å². The van der Waals surface area contributed by atoms with E-state index in [2.05, 4.69) is 35.1 Å². The van der Waals surface area contributed by atoms with Gasteiger partial charge in [-0.25, -0.2) is 4.79 Å². The third kappa shape index (κ3) is 9.11. The number of aryl methyl sites for hydroxylation is 1. The molecule has 0 bridgehead atoms. The molecule has 0 aliphatic carbocycles. The molecule has 1 rings (SSSR count). The molecule has 0 saturated heterocycles. The minimum absolute atomic E-state index is 0.462. The summed E-state index contributed by atoms with van der Waals surface area (Å²) in [4.78, 5) is 10.3. The first-order valence-corrected chi connectivity index (χ1v) is 7.25. The van der Waals surface area contributed by atoms with E-state index in [1.807, 2.05) is 0 Å². The molecule has 0 unspecified atom stereocenters. The summed E-state index contributed by atoms with van der Waals surface area (Å²) in [5, 5.41) is 0. The number of hydrogen-bond donors (Lipinski definition) is 1. The van der Waals surface area contributed by atoms with Gasteiger partial charge in [-0.2, -0.15) is 0 Å². The third-order valence-corrected chi connectivity index (χ3v) is 3.20. The van der Waals surface area contributed by atoms with E-state index in [0.717, 1.165) is 12.8 Å². The van der Waals surface area contributed by atoms with Crippen LogP contribution in [0.3, 0.4) is 0 Å². The number of carbonyl (C=O) groups excluding carboxylic acids is 1. The molecule has 19 heavy (non-hydrogen) atoms. The van der Waals surface area contributed by atoms with Gasteiger partial charge in [0.1, 0.15) is 0 Å². The second-order valence-corrected chi connectivity index (χ2v) is 4.88. The Balaban J connectivity index is 1.83. The van der Waals surface area contributed by atoms with Crippen molar-refractivity contribution in [2.75, 3.05) is 6.61 Å². The minimum atomic E-state index is -0.666. The zero-order valence-corrected chi connectivity index (χ0v) is 11.6. The van der Waals surface area contributed by atoms with Crippen LogP contribution in [-0.4, -0.2) is 12.7 Å². The topological polar surface area (TPSA) is 52.3 Å². The van der Waals surface area contributed by atoms with Gasteiger partial charge in [0.15, 0.2) is 0 Å². The van der Waals surface area contributed by atoms with E-state index in [-0.39, 0.29) is 0 Å². The molecule has 3 heteroatoms. The Morgan fingerprint density at radius 3 is 2.11 bits per heavy atom. The van der Waals surface area contributed by atoms with Gasteiger partial charge in [0.05, 0.1) is 6.61 Å². The monoisotopic (exact) mass is 263 g/mol. The highest BCUT2D eigenvalue weighted by Crippen LogP contribution is 2.10. The Hall–Kier alpha value is -1.51. The number of benzene rings is 1. The lowest BCUT2D eigenvalue weighted by Gasteiger charge is -2.03. The summed E-state index contributed by atoms with van der Waals surface area (Å²) in [6, 6.07) is 10.6. The number of unbranched alkanes of at least 4 members (excludes halogenated alkanes) is 6. The van der Waals surface area contributed by atoms with Crippen LogP contribution < -0.4 is 5.73 Å². The molecule has 2 N–H and O–H groups in total. The summed E-state index contributed by atoms with van der Waals surface area (Å²) in [5.41, 5.74) is 6.31. The van der Waals surface area contributed by atoms with Crippen LogP contribution in [0.25, 0.3) is 0 Å². The largest absolute Gasteiger partial charge is 0.450 e. The Labute approximate surface area is 116 Å². The van der Waals surface area contributed by atoms with Crippen LogP contribution in [0.5, 0.6) is 0 Å². The molecule has 0 spiro atoms. The lowest BCUT2D eigenvalue weighted by molar-refractivity contribution is 0.154. The molecule has 3 nitrogen and oxygen atoms in total. The molecule has 0 aliphatic rings. The van der Waals surface area contributed by atoms with Crippen molar-refractivity contribution in [1.29, 1.82) is 0 Å². The molecule has 0 saturated carbocycles. The highest BCUT2D eigenvalue weighted by Gasteiger charge is 1.95. The van der Waals surface area contributed by atoms with Crippen LogP contribution in [0, 0.1) is 0 Å². The molecule has 1 aromatic carbocycles. The highest BCUT2D eigenvalue weighted by molar-refractivity contribution is 5.64. The Kier molecular flexibility index (Phi) is 8.52. The molecule has 0 aromatic heterocycles. The summed E-state index contributed by atoms with van der Waals surface area (Å²) in [6.07, 6.45) is 8.91. The number of amides is 1. The Morgan fingerprint density at radius 2 is 1.47 bits per heavy atom. The standard InChI is InChI=1S/C16H25NO2/c17-16(18)19-14-10-5-3-1-2-4-7-11-15-12-8-6-9-13-15/h6,8-9,12-13H,1-5,7,10-11,14H2,(H2,17,18). The molecule has 0 atom stereocenters. The summed E-state index contributed by atoms with van der Waals surface area (Å²) in [5.74, 6) is 0. The Bertz CT molecular complexity index is 338. The van der Waals surface area contributed by atoms with Crippen molar-refractivity contribution in [1.82, 2.24) is 0 Å². The van der Waals surface area contributed by atoms with E-state index in [0.29, 0.717) is 6.61 Å². The zero-order valence-electron chi connectivity index (χ0n) is 11.6. The summed E-state index contributed by atoms with van der Waals surface area (Å²) in [7, 11) is 0. The lowest BCUT2D eigenvalue weighted by atomic mass is 10.0. The first-order chi connectivity index (χ1) is 9.29. The van der Waals surface area contributed by atoms with Gasteiger partial charge >= 0.3 is 6.09 Å². The molecule has 1 amide bonds. The number of primary amides is 1. The zero-order chi connectivity index (χ0) is 13.8. The fraction of sp³-hybridized carbons (Fsp3) is 0.562. The lowest BCUT2D eigenvalue weighted by Crippen LogP contribution is -2.13. The van der Waals surface area contributed by atoms with Crippen LogP contribution in [-0.2, 0) is 11.2 Å². The predicted molar refractivity (Wildman–Crippen MR) is 78.0 cm³/mol. The number of ether oxygens (including phenoxy) is 1. The molecule has 106 valence electrons. The van der Waals surface area contributed by atoms with Crippen LogP contribution in [0.15, 0.2) is 30.3 Å². The van der Waals surface area contributed by atoms with Crippen molar-refractivity contribution in [2.24, 2.45) is 5.73 Å². The summed E-state index contributed by atoms with van der Waals surface area (Å²) < 4.78 is 4.67. The van der Waals surface area contributed by atoms with Gasteiger partial charge in [0.25, 0.3) is 0 Å².